The van der Waals surface area contributed by atoms with E-state index >= 15 is 0 Å². The van der Waals surface area contributed by atoms with Crippen molar-refractivity contribution in [1.29, 1.82) is 0 Å². The molecule has 0 spiro atoms. The zero-order chi connectivity index (χ0) is 19.0. The van der Waals surface area contributed by atoms with Crippen molar-refractivity contribution in [3.05, 3.63) is 35.6 Å². The predicted molar refractivity (Wildman–Crippen MR) is 101 cm³/mol. The second-order valence-corrected chi connectivity index (χ2v) is 9.01. The molecule has 2 N–H and O–H groups in total. The molecule has 4 aliphatic carbocycles. The van der Waals surface area contributed by atoms with Crippen molar-refractivity contribution in [2.45, 2.75) is 57.9 Å². The van der Waals surface area contributed by atoms with E-state index in [4.69, 9.17) is 0 Å². The summed E-state index contributed by atoms with van der Waals surface area (Å²) < 4.78 is 13.8. The van der Waals surface area contributed by atoms with E-state index in [1.807, 2.05) is 0 Å². The van der Waals surface area contributed by atoms with Crippen molar-refractivity contribution in [1.82, 2.24) is 10.6 Å². The molecule has 4 nitrogen and oxygen atoms in total. The number of hydrogen-bond acceptors (Lipinski definition) is 2. The zero-order valence-electron chi connectivity index (χ0n) is 16.0. The summed E-state index contributed by atoms with van der Waals surface area (Å²) in [4.78, 5) is 25.1. The molecule has 2 amide bonds. The van der Waals surface area contributed by atoms with Gasteiger partial charge in [-0.3, -0.25) is 9.59 Å². The molecule has 4 aliphatic rings. The van der Waals surface area contributed by atoms with E-state index in [0.717, 1.165) is 37.0 Å². The third kappa shape index (κ3) is 3.74. The smallest absolute Gasteiger partial charge is 0.226 e. The number of benzene rings is 1. The summed E-state index contributed by atoms with van der Waals surface area (Å²) in [5.41, 5.74) is 0.301. The van der Waals surface area contributed by atoms with Crippen LogP contribution < -0.4 is 10.6 Å². The van der Waals surface area contributed by atoms with E-state index in [1.54, 1.807) is 25.1 Å². The van der Waals surface area contributed by atoms with Gasteiger partial charge in [0, 0.05) is 23.9 Å². The van der Waals surface area contributed by atoms with Crippen LogP contribution >= 0.6 is 0 Å². The molecule has 0 heterocycles. The maximum absolute atomic E-state index is 13.8. The lowest BCUT2D eigenvalue weighted by atomic mass is 9.49. The van der Waals surface area contributed by atoms with E-state index < -0.39 is 6.04 Å². The van der Waals surface area contributed by atoms with Gasteiger partial charge in [0.2, 0.25) is 11.8 Å². The molecule has 5 heteroatoms. The lowest BCUT2D eigenvalue weighted by Gasteiger charge is -2.55. The summed E-state index contributed by atoms with van der Waals surface area (Å²) in [5, 5.41) is 5.84. The van der Waals surface area contributed by atoms with Crippen molar-refractivity contribution in [3.63, 3.8) is 0 Å². The molecule has 0 aliphatic heterocycles. The minimum Gasteiger partial charge on any atom is -0.355 e. The van der Waals surface area contributed by atoms with E-state index in [1.165, 1.54) is 25.3 Å². The second-order valence-electron chi connectivity index (χ2n) is 9.01. The average Bonchev–Trinajstić information content (AvgIpc) is 2.60. The van der Waals surface area contributed by atoms with Crippen LogP contribution in [-0.2, 0) is 9.59 Å². The Hall–Kier alpha value is -1.91. The molecule has 1 aromatic rings. The van der Waals surface area contributed by atoms with Crippen molar-refractivity contribution in [2.24, 2.45) is 23.2 Å². The van der Waals surface area contributed by atoms with Gasteiger partial charge in [-0.2, -0.15) is 0 Å². The largest absolute Gasteiger partial charge is 0.355 e. The summed E-state index contributed by atoms with van der Waals surface area (Å²) in [5.74, 6) is 1.85. The minimum absolute atomic E-state index is 0.150. The molecule has 0 aromatic heterocycles. The van der Waals surface area contributed by atoms with Gasteiger partial charge in [0.1, 0.15) is 5.82 Å². The van der Waals surface area contributed by atoms with Crippen molar-refractivity contribution in [3.8, 4) is 0 Å². The Labute approximate surface area is 160 Å². The number of hydrogen-bond donors (Lipinski definition) is 2. The maximum Gasteiger partial charge on any atom is 0.226 e. The molecular weight excluding hydrogens is 343 g/mol. The molecule has 1 atom stereocenters. The fraction of sp³-hybridized carbons (Fsp3) is 0.636. The number of nitrogens with one attached hydrogen (secondary N) is 2. The zero-order valence-corrected chi connectivity index (χ0v) is 16.0. The first-order valence-corrected chi connectivity index (χ1v) is 10.3. The van der Waals surface area contributed by atoms with Crippen LogP contribution in [0.1, 0.15) is 63.5 Å². The van der Waals surface area contributed by atoms with E-state index in [2.05, 4.69) is 10.6 Å². The van der Waals surface area contributed by atoms with Crippen LogP contribution in [0.25, 0.3) is 0 Å². The molecule has 4 saturated carbocycles. The number of amides is 2. The first-order valence-electron chi connectivity index (χ1n) is 10.3. The van der Waals surface area contributed by atoms with E-state index in [-0.39, 0.29) is 29.5 Å². The topological polar surface area (TPSA) is 58.2 Å². The van der Waals surface area contributed by atoms with Gasteiger partial charge in [0.15, 0.2) is 0 Å². The average molecular weight is 372 g/mol. The summed E-state index contributed by atoms with van der Waals surface area (Å²) >= 11 is 0. The third-order valence-electron chi connectivity index (χ3n) is 6.91. The quantitative estimate of drug-likeness (QED) is 0.799. The van der Waals surface area contributed by atoms with Crippen LogP contribution in [-0.4, -0.2) is 18.4 Å². The molecule has 0 saturated heterocycles. The predicted octanol–water partition coefficient (Wildman–Crippen LogP) is 3.73. The molecule has 5 rings (SSSR count). The Bertz CT molecular complexity index is 697. The number of carbonyl (C=O) groups excluding carboxylic acids is 2. The number of carbonyl (C=O) groups is 2. The van der Waals surface area contributed by atoms with E-state index in [9.17, 15) is 14.0 Å². The van der Waals surface area contributed by atoms with Crippen molar-refractivity contribution >= 4 is 11.8 Å². The number of rotatable bonds is 6. The maximum atomic E-state index is 13.8. The highest BCUT2D eigenvalue weighted by Crippen LogP contribution is 2.60. The van der Waals surface area contributed by atoms with Gasteiger partial charge in [-0.1, -0.05) is 18.2 Å². The molecule has 1 unspecified atom stereocenters. The van der Waals surface area contributed by atoms with Gasteiger partial charge in [0.25, 0.3) is 0 Å². The van der Waals surface area contributed by atoms with Crippen LogP contribution in [0.5, 0.6) is 0 Å². The van der Waals surface area contributed by atoms with Crippen LogP contribution in [0, 0.1) is 29.0 Å². The molecular formula is C22H29FN2O2. The molecule has 4 fully saturated rings. The Morgan fingerprint density at radius 1 is 1.11 bits per heavy atom. The summed E-state index contributed by atoms with van der Waals surface area (Å²) in [6, 6.07) is 6.07. The highest BCUT2D eigenvalue weighted by molar-refractivity contribution is 5.84. The Balaban J connectivity index is 1.25. The fourth-order valence-corrected chi connectivity index (χ4v) is 6.08. The monoisotopic (exact) mass is 372 g/mol. The first kappa shape index (κ1) is 18.5. The van der Waals surface area contributed by atoms with Crippen LogP contribution in [0.15, 0.2) is 24.3 Å². The van der Waals surface area contributed by atoms with Crippen molar-refractivity contribution in [2.75, 3.05) is 6.54 Å². The minimum atomic E-state index is -0.391. The Morgan fingerprint density at radius 2 is 1.70 bits per heavy atom. The van der Waals surface area contributed by atoms with Gasteiger partial charge in [-0.15, -0.1) is 0 Å². The van der Waals surface area contributed by atoms with E-state index in [0.29, 0.717) is 12.1 Å². The fourth-order valence-electron chi connectivity index (χ4n) is 6.08. The molecule has 4 bridgehead atoms. The van der Waals surface area contributed by atoms with Gasteiger partial charge < -0.3 is 10.6 Å². The van der Waals surface area contributed by atoms with Gasteiger partial charge in [0.05, 0.1) is 6.04 Å². The lowest BCUT2D eigenvalue weighted by Crippen LogP contribution is -2.53. The second kappa shape index (κ2) is 7.25. The normalized spacial score (nSPS) is 32.1. The SMILES string of the molecule is CC(NC(=O)CCNC(=O)C12CC3CC(CC(C3)C1)C2)c1ccccc1F. The standard InChI is InChI=1S/C22H29FN2O2/c1-14(18-4-2-3-5-19(18)23)25-20(26)6-7-24-21(27)22-11-15-8-16(12-22)10-17(9-15)13-22/h2-5,14-17H,6-13H2,1H3,(H,24,27)(H,25,26). The molecule has 146 valence electrons. The summed E-state index contributed by atoms with van der Waals surface area (Å²) in [7, 11) is 0. The van der Waals surface area contributed by atoms with Gasteiger partial charge in [-0.25, -0.2) is 4.39 Å². The van der Waals surface area contributed by atoms with Gasteiger partial charge in [-0.05, 0) is 69.3 Å². The van der Waals surface area contributed by atoms with Gasteiger partial charge >= 0.3 is 0 Å². The highest BCUT2D eigenvalue weighted by atomic mass is 19.1. The first-order chi connectivity index (χ1) is 12.9. The third-order valence-corrected chi connectivity index (χ3v) is 6.91. The summed E-state index contributed by atoms with van der Waals surface area (Å²) in [6.07, 6.45) is 7.23. The van der Waals surface area contributed by atoms with Crippen molar-refractivity contribution < 1.29 is 14.0 Å². The summed E-state index contributed by atoms with van der Waals surface area (Å²) in [6.45, 7) is 2.11. The molecule has 0 radical (unpaired) electrons. The van der Waals surface area contributed by atoms with Crippen LogP contribution in [0.4, 0.5) is 4.39 Å². The van der Waals surface area contributed by atoms with Crippen LogP contribution in [0.2, 0.25) is 0 Å². The lowest BCUT2D eigenvalue weighted by molar-refractivity contribution is -0.146. The molecule has 27 heavy (non-hydrogen) atoms. The highest BCUT2D eigenvalue weighted by Gasteiger charge is 2.54. The molecule has 1 aromatic carbocycles. The van der Waals surface area contributed by atoms with Crippen LogP contribution in [0.3, 0.4) is 0 Å². The Kier molecular flexibility index (Phi) is 4.95. The number of halogens is 1. The Morgan fingerprint density at radius 3 is 2.30 bits per heavy atom.